The molecular formula is C17H23FN2O3. The van der Waals surface area contributed by atoms with Crippen LogP contribution in [0.3, 0.4) is 0 Å². The zero-order valence-corrected chi connectivity index (χ0v) is 13.0. The van der Waals surface area contributed by atoms with Crippen LogP contribution >= 0.6 is 0 Å². The zero-order valence-electron chi connectivity index (χ0n) is 13.0. The predicted octanol–water partition coefficient (Wildman–Crippen LogP) is 0.864. The average Bonchev–Trinajstić information content (AvgIpc) is 3.21. The molecule has 0 saturated carbocycles. The van der Waals surface area contributed by atoms with Crippen LogP contribution in [0.15, 0.2) is 24.3 Å². The van der Waals surface area contributed by atoms with Gasteiger partial charge in [0.1, 0.15) is 11.9 Å². The molecule has 5 unspecified atom stereocenters. The molecule has 5 atom stereocenters. The first-order chi connectivity index (χ1) is 11.2. The molecule has 3 saturated heterocycles. The van der Waals surface area contributed by atoms with Crippen LogP contribution in [0, 0.1) is 5.82 Å². The van der Waals surface area contributed by atoms with Crippen molar-refractivity contribution < 1.29 is 19.0 Å². The van der Waals surface area contributed by atoms with Crippen molar-refractivity contribution in [3.63, 3.8) is 0 Å². The van der Waals surface area contributed by atoms with Crippen LogP contribution in [0.2, 0.25) is 0 Å². The van der Waals surface area contributed by atoms with Gasteiger partial charge in [0.15, 0.2) is 6.29 Å². The number of benzene rings is 1. The van der Waals surface area contributed by atoms with Gasteiger partial charge < -0.3 is 19.9 Å². The molecule has 3 aliphatic rings. The zero-order chi connectivity index (χ0) is 15.8. The van der Waals surface area contributed by atoms with Gasteiger partial charge in [0.25, 0.3) is 0 Å². The first-order valence-electron chi connectivity index (χ1n) is 8.39. The second-order valence-electron chi connectivity index (χ2n) is 6.63. The van der Waals surface area contributed by atoms with Gasteiger partial charge in [0, 0.05) is 6.54 Å². The Kier molecular flexibility index (Phi) is 4.34. The molecule has 0 radical (unpaired) electrons. The van der Waals surface area contributed by atoms with Crippen molar-refractivity contribution in [2.45, 2.75) is 50.0 Å². The maximum atomic E-state index is 13.0. The first kappa shape index (κ1) is 15.5. The lowest BCUT2D eigenvalue weighted by Gasteiger charge is -2.42. The van der Waals surface area contributed by atoms with Crippen LogP contribution in [0.4, 0.5) is 4.39 Å². The Bertz CT molecular complexity index is 533. The predicted molar refractivity (Wildman–Crippen MR) is 82.2 cm³/mol. The van der Waals surface area contributed by atoms with Crippen molar-refractivity contribution in [1.82, 2.24) is 10.2 Å². The lowest BCUT2D eigenvalue weighted by atomic mass is 9.95. The summed E-state index contributed by atoms with van der Waals surface area (Å²) in [6.07, 6.45) is 1.34. The molecule has 3 aliphatic heterocycles. The van der Waals surface area contributed by atoms with Crippen molar-refractivity contribution in [1.29, 1.82) is 0 Å². The quantitative estimate of drug-likeness (QED) is 0.861. The molecule has 0 aromatic heterocycles. The topological polar surface area (TPSA) is 54.0 Å². The summed E-state index contributed by atoms with van der Waals surface area (Å²) in [5.74, 6) is -0.240. The molecule has 3 heterocycles. The Hall–Kier alpha value is -1.05. The number of fused-ring (bicyclic) bond motifs is 2. The summed E-state index contributed by atoms with van der Waals surface area (Å²) >= 11 is 0. The average molecular weight is 322 g/mol. The van der Waals surface area contributed by atoms with E-state index in [9.17, 15) is 9.50 Å². The van der Waals surface area contributed by atoms with E-state index >= 15 is 0 Å². The Morgan fingerprint density at radius 1 is 1.22 bits per heavy atom. The van der Waals surface area contributed by atoms with Crippen molar-refractivity contribution in [3.8, 4) is 0 Å². The summed E-state index contributed by atoms with van der Waals surface area (Å²) in [7, 11) is 0. The smallest absolute Gasteiger partial charge is 0.176 e. The van der Waals surface area contributed by atoms with Crippen molar-refractivity contribution in [2.75, 3.05) is 19.7 Å². The van der Waals surface area contributed by atoms with Gasteiger partial charge in [-0.15, -0.1) is 0 Å². The van der Waals surface area contributed by atoms with Crippen molar-refractivity contribution in [2.24, 2.45) is 0 Å². The van der Waals surface area contributed by atoms with E-state index in [1.807, 2.05) is 0 Å². The highest BCUT2D eigenvalue weighted by molar-refractivity contribution is 5.16. The Morgan fingerprint density at radius 2 is 1.96 bits per heavy atom. The van der Waals surface area contributed by atoms with Gasteiger partial charge >= 0.3 is 0 Å². The lowest BCUT2D eigenvalue weighted by molar-refractivity contribution is -0.179. The van der Waals surface area contributed by atoms with E-state index in [0.29, 0.717) is 13.2 Å². The van der Waals surface area contributed by atoms with Crippen molar-refractivity contribution in [3.05, 3.63) is 35.6 Å². The Labute approximate surface area is 135 Å². The van der Waals surface area contributed by atoms with Crippen LogP contribution in [-0.2, 0) is 16.0 Å². The SMILES string of the molecule is OC1C(NCc2ccc(F)cc2)C2COC(O2)C1N1CCCC1. The second kappa shape index (κ2) is 6.45. The Morgan fingerprint density at radius 3 is 2.70 bits per heavy atom. The lowest BCUT2D eigenvalue weighted by Crippen LogP contribution is -2.63. The number of nitrogens with one attached hydrogen (secondary N) is 1. The van der Waals surface area contributed by atoms with Gasteiger partial charge in [-0.25, -0.2) is 4.39 Å². The van der Waals surface area contributed by atoms with E-state index in [1.54, 1.807) is 12.1 Å². The van der Waals surface area contributed by atoms with Gasteiger partial charge in [-0.05, 0) is 43.6 Å². The molecule has 126 valence electrons. The monoisotopic (exact) mass is 322 g/mol. The summed E-state index contributed by atoms with van der Waals surface area (Å²) in [5, 5.41) is 14.3. The van der Waals surface area contributed by atoms with Crippen LogP contribution in [-0.4, -0.2) is 60.3 Å². The minimum absolute atomic E-state index is 0.109. The van der Waals surface area contributed by atoms with Gasteiger partial charge in [-0.1, -0.05) is 12.1 Å². The summed E-state index contributed by atoms with van der Waals surface area (Å²) in [6, 6.07) is 6.12. The molecule has 0 spiro atoms. The minimum Gasteiger partial charge on any atom is -0.390 e. The van der Waals surface area contributed by atoms with E-state index in [4.69, 9.17) is 9.47 Å². The number of nitrogens with zero attached hydrogens (tertiary/aromatic N) is 1. The number of hydrogen-bond acceptors (Lipinski definition) is 5. The number of aliphatic hydroxyl groups is 1. The molecule has 2 N–H and O–H groups in total. The van der Waals surface area contributed by atoms with Crippen LogP contribution in [0.25, 0.3) is 0 Å². The fourth-order valence-corrected chi connectivity index (χ4v) is 3.92. The molecule has 6 heteroatoms. The summed E-state index contributed by atoms with van der Waals surface area (Å²) in [6.45, 7) is 3.05. The highest BCUT2D eigenvalue weighted by Gasteiger charge is 2.52. The van der Waals surface area contributed by atoms with E-state index in [-0.39, 0.29) is 30.3 Å². The standard InChI is InChI=1S/C17H23FN2O3/c18-12-5-3-11(4-6-12)9-19-14-13-10-22-17(23-13)15(16(14)21)20-7-1-2-8-20/h3-6,13-17,19,21H,1-2,7-10H2. The highest BCUT2D eigenvalue weighted by Crippen LogP contribution is 2.33. The summed E-state index contributed by atoms with van der Waals surface area (Å²) < 4.78 is 24.7. The fourth-order valence-electron chi connectivity index (χ4n) is 3.92. The van der Waals surface area contributed by atoms with E-state index in [0.717, 1.165) is 31.5 Å². The molecular weight excluding hydrogens is 299 g/mol. The molecule has 0 amide bonds. The number of aliphatic hydroxyl groups excluding tert-OH is 1. The van der Waals surface area contributed by atoms with E-state index in [1.165, 1.54) is 12.1 Å². The maximum absolute atomic E-state index is 13.0. The molecule has 3 fully saturated rings. The van der Waals surface area contributed by atoms with Crippen LogP contribution in [0.1, 0.15) is 18.4 Å². The minimum atomic E-state index is -0.528. The molecule has 4 rings (SSSR count). The number of ether oxygens (including phenoxy) is 2. The third-order valence-electron chi connectivity index (χ3n) is 5.15. The fraction of sp³-hybridized carbons (Fsp3) is 0.647. The third kappa shape index (κ3) is 3.02. The number of likely N-dealkylation sites (tertiary alicyclic amines) is 1. The van der Waals surface area contributed by atoms with E-state index < -0.39 is 6.10 Å². The molecule has 1 aromatic rings. The highest BCUT2D eigenvalue weighted by atomic mass is 19.1. The number of halogens is 1. The van der Waals surface area contributed by atoms with E-state index in [2.05, 4.69) is 10.2 Å². The van der Waals surface area contributed by atoms with Gasteiger partial charge in [-0.2, -0.15) is 0 Å². The second-order valence-corrected chi connectivity index (χ2v) is 6.63. The summed E-state index contributed by atoms with van der Waals surface area (Å²) in [4.78, 5) is 2.28. The largest absolute Gasteiger partial charge is 0.390 e. The summed E-state index contributed by atoms with van der Waals surface area (Å²) in [5.41, 5.74) is 0.984. The maximum Gasteiger partial charge on any atom is 0.176 e. The van der Waals surface area contributed by atoms with Gasteiger partial charge in [-0.3, -0.25) is 4.90 Å². The normalized spacial score (nSPS) is 37.4. The molecule has 1 aromatic carbocycles. The van der Waals surface area contributed by atoms with Gasteiger partial charge in [0.2, 0.25) is 0 Å². The molecule has 5 nitrogen and oxygen atoms in total. The molecule has 2 bridgehead atoms. The Balaban J connectivity index is 1.45. The van der Waals surface area contributed by atoms with Gasteiger partial charge in [0.05, 0.1) is 24.8 Å². The van der Waals surface area contributed by atoms with Crippen molar-refractivity contribution >= 4 is 0 Å². The number of rotatable bonds is 4. The van der Waals surface area contributed by atoms with Crippen LogP contribution in [0.5, 0.6) is 0 Å². The molecule has 23 heavy (non-hydrogen) atoms. The first-order valence-corrected chi connectivity index (χ1v) is 8.39. The van der Waals surface area contributed by atoms with Crippen LogP contribution < -0.4 is 5.32 Å². The third-order valence-corrected chi connectivity index (χ3v) is 5.15. The number of hydrogen-bond donors (Lipinski definition) is 2. The molecule has 0 aliphatic carbocycles.